The van der Waals surface area contributed by atoms with Gasteiger partial charge in [-0.2, -0.15) is 0 Å². The first kappa shape index (κ1) is 23.1. The topological polar surface area (TPSA) is 79.5 Å². The number of aromatic nitrogens is 1. The van der Waals surface area contributed by atoms with Crippen LogP contribution in [0.15, 0.2) is 59.1 Å². The molecular formula is C24H29FN4O3. The number of nitrogens with zero attached hydrogens (tertiary/aromatic N) is 2. The van der Waals surface area contributed by atoms with E-state index >= 15 is 0 Å². The summed E-state index contributed by atoms with van der Waals surface area (Å²) in [6.07, 6.45) is 3.51. The average Bonchev–Trinajstić information content (AvgIpc) is 3.43. The van der Waals surface area contributed by atoms with Crippen molar-refractivity contribution in [2.45, 2.75) is 39.8 Å². The van der Waals surface area contributed by atoms with Crippen LogP contribution in [-0.2, 0) is 13.1 Å². The van der Waals surface area contributed by atoms with Gasteiger partial charge in [0.05, 0.1) is 18.8 Å². The molecule has 0 saturated heterocycles. The van der Waals surface area contributed by atoms with E-state index in [-0.39, 0.29) is 23.4 Å². The second-order valence-corrected chi connectivity index (χ2v) is 7.48. The molecule has 1 aromatic carbocycles. The Balaban J connectivity index is 1.68. The van der Waals surface area contributed by atoms with E-state index in [9.17, 15) is 14.0 Å². The molecule has 170 valence electrons. The summed E-state index contributed by atoms with van der Waals surface area (Å²) in [5.41, 5.74) is 1.05. The molecule has 0 aliphatic rings. The molecule has 8 heteroatoms. The number of halogens is 1. The number of amides is 3. The van der Waals surface area contributed by atoms with Gasteiger partial charge in [-0.15, -0.1) is 0 Å². The van der Waals surface area contributed by atoms with E-state index in [1.165, 1.54) is 12.1 Å². The maximum absolute atomic E-state index is 13.9. The van der Waals surface area contributed by atoms with Crippen molar-refractivity contribution in [1.82, 2.24) is 14.8 Å². The minimum absolute atomic E-state index is 0.151. The smallest absolute Gasteiger partial charge is 0.322 e. The van der Waals surface area contributed by atoms with Gasteiger partial charge in [0.25, 0.3) is 5.91 Å². The van der Waals surface area contributed by atoms with E-state index in [4.69, 9.17) is 4.42 Å². The highest BCUT2D eigenvalue weighted by Crippen LogP contribution is 2.16. The fourth-order valence-electron chi connectivity index (χ4n) is 3.30. The lowest BCUT2D eigenvalue weighted by molar-refractivity contribution is 0.0924. The first-order valence-electron chi connectivity index (χ1n) is 10.8. The van der Waals surface area contributed by atoms with Crippen LogP contribution in [0.3, 0.4) is 0 Å². The number of hydrogen-bond donors (Lipinski definition) is 2. The first-order valence-corrected chi connectivity index (χ1v) is 10.8. The third-order valence-corrected chi connectivity index (χ3v) is 4.92. The van der Waals surface area contributed by atoms with E-state index in [2.05, 4.69) is 10.6 Å². The van der Waals surface area contributed by atoms with Crippen LogP contribution in [0, 0.1) is 5.82 Å². The quantitative estimate of drug-likeness (QED) is 0.473. The summed E-state index contributed by atoms with van der Waals surface area (Å²) < 4.78 is 21.6. The third kappa shape index (κ3) is 6.00. The number of anilines is 1. The summed E-state index contributed by atoms with van der Waals surface area (Å²) in [5, 5.41) is 5.44. The van der Waals surface area contributed by atoms with Gasteiger partial charge in [-0.25, -0.2) is 9.18 Å². The maximum atomic E-state index is 13.9. The van der Waals surface area contributed by atoms with Gasteiger partial charge in [0, 0.05) is 25.0 Å². The Morgan fingerprint density at radius 3 is 2.62 bits per heavy atom. The zero-order valence-corrected chi connectivity index (χ0v) is 18.4. The monoisotopic (exact) mass is 440 g/mol. The molecule has 2 N–H and O–H groups in total. The lowest BCUT2D eigenvalue weighted by Crippen LogP contribution is -2.36. The molecule has 0 aliphatic carbocycles. The number of urea groups is 1. The predicted octanol–water partition coefficient (Wildman–Crippen LogP) is 4.85. The van der Waals surface area contributed by atoms with Crippen LogP contribution in [0.5, 0.6) is 0 Å². The van der Waals surface area contributed by atoms with Crippen LogP contribution in [0.25, 0.3) is 0 Å². The van der Waals surface area contributed by atoms with Crippen LogP contribution >= 0.6 is 0 Å². The highest BCUT2D eigenvalue weighted by Gasteiger charge is 2.17. The predicted molar refractivity (Wildman–Crippen MR) is 121 cm³/mol. The Hall–Kier alpha value is -3.55. The van der Waals surface area contributed by atoms with Gasteiger partial charge in [0.1, 0.15) is 11.6 Å². The molecule has 0 fully saturated rings. The fourth-order valence-corrected chi connectivity index (χ4v) is 3.30. The maximum Gasteiger partial charge on any atom is 0.322 e. The summed E-state index contributed by atoms with van der Waals surface area (Å²) in [4.78, 5) is 26.5. The number of furan rings is 1. The van der Waals surface area contributed by atoms with Gasteiger partial charge in [-0.05, 0) is 49.2 Å². The zero-order valence-electron chi connectivity index (χ0n) is 18.4. The van der Waals surface area contributed by atoms with Gasteiger partial charge >= 0.3 is 6.03 Å². The van der Waals surface area contributed by atoms with E-state index < -0.39 is 5.82 Å². The second-order valence-electron chi connectivity index (χ2n) is 7.48. The number of benzene rings is 1. The second kappa shape index (κ2) is 11.2. The Labute approximate surface area is 187 Å². The van der Waals surface area contributed by atoms with Crippen molar-refractivity contribution in [3.05, 3.63) is 77.8 Å². The van der Waals surface area contributed by atoms with Crippen LogP contribution in [0.2, 0.25) is 0 Å². The molecule has 7 nitrogen and oxygen atoms in total. The van der Waals surface area contributed by atoms with Crippen molar-refractivity contribution in [1.29, 1.82) is 0 Å². The molecular weight excluding hydrogens is 411 g/mol. The molecule has 0 aliphatic heterocycles. The molecule has 2 heterocycles. The molecule has 2 aromatic heterocycles. The highest BCUT2D eigenvalue weighted by molar-refractivity contribution is 5.91. The largest absolute Gasteiger partial charge is 0.454 e. The van der Waals surface area contributed by atoms with Gasteiger partial charge in [0.2, 0.25) is 0 Å². The van der Waals surface area contributed by atoms with E-state index in [0.717, 1.165) is 18.5 Å². The molecule has 0 spiro atoms. The number of para-hydroxylation sites is 1. The van der Waals surface area contributed by atoms with Crippen LogP contribution < -0.4 is 10.6 Å². The van der Waals surface area contributed by atoms with Gasteiger partial charge in [-0.1, -0.05) is 26.0 Å². The number of nitrogens with one attached hydrogen (secondary N) is 2. The molecule has 32 heavy (non-hydrogen) atoms. The summed E-state index contributed by atoms with van der Waals surface area (Å²) in [6, 6.07) is 13.0. The van der Waals surface area contributed by atoms with Crippen molar-refractivity contribution in [3.63, 3.8) is 0 Å². The van der Waals surface area contributed by atoms with Crippen LogP contribution in [-0.4, -0.2) is 34.5 Å². The van der Waals surface area contributed by atoms with Gasteiger partial charge < -0.3 is 24.5 Å². The molecule has 0 atom stereocenters. The highest BCUT2D eigenvalue weighted by atomic mass is 19.1. The minimum atomic E-state index is -0.475. The number of hydrogen-bond acceptors (Lipinski definition) is 3. The Morgan fingerprint density at radius 1 is 1.06 bits per heavy atom. The molecule has 3 rings (SSSR count). The molecule has 3 aromatic rings. The zero-order chi connectivity index (χ0) is 22.9. The minimum Gasteiger partial charge on any atom is -0.454 e. The normalized spacial score (nSPS) is 10.7. The van der Waals surface area contributed by atoms with Crippen LogP contribution in [0.4, 0.5) is 14.9 Å². The lowest BCUT2D eigenvalue weighted by Gasteiger charge is -2.23. The van der Waals surface area contributed by atoms with Crippen molar-refractivity contribution < 1.29 is 18.4 Å². The van der Waals surface area contributed by atoms with Crippen molar-refractivity contribution >= 4 is 17.6 Å². The standard InChI is InChI=1S/C24H29FN4O3/c1-3-13-26-23(30)22-12-11-19(32-22)17-28-15-7-8-18(28)16-29(14-4-2)24(31)27-21-10-6-5-9-20(21)25/h5-12,15H,3-4,13-14,16-17H2,1-2H3,(H,26,30)(H,27,31). The summed E-state index contributed by atoms with van der Waals surface area (Å²) >= 11 is 0. The van der Waals surface area contributed by atoms with E-state index in [0.29, 0.717) is 31.9 Å². The third-order valence-electron chi connectivity index (χ3n) is 4.92. The lowest BCUT2D eigenvalue weighted by atomic mass is 10.3. The molecule has 0 unspecified atom stereocenters. The molecule has 0 bridgehead atoms. The van der Waals surface area contributed by atoms with Gasteiger partial charge in [-0.3, -0.25) is 4.79 Å². The summed E-state index contributed by atoms with van der Waals surface area (Å²) in [6.45, 7) is 5.87. The summed E-state index contributed by atoms with van der Waals surface area (Å²) in [7, 11) is 0. The van der Waals surface area contributed by atoms with Crippen molar-refractivity contribution in [3.8, 4) is 0 Å². The van der Waals surface area contributed by atoms with E-state index in [1.807, 2.05) is 36.7 Å². The molecule has 3 amide bonds. The molecule has 0 saturated carbocycles. The van der Waals surface area contributed by atoms with E-state index in [1.54, 1.807) is 29.2 Å². The van der Waals surface area contributed by atoms with Crippen LogP contribution in [0.1, 0.15) is 48.7 Å². The number of carbonyl (C=O) groups is 2. The number of carbonyl (C=O) groups excluding carboxylic acids is 2. The van der Waals surface area contributed by atoms with Crippen molar-refractivity contribution in [2.24, 2.45) is 0 Å². The number of rotatable bonds is 10. The van der Waals surface area contributed by atoms with Crippen molar-refractivity contribution in [2.75, 3.05) is 18.4 Å². The average molecular weight is 441 g/mol. The SMILES string of the molecule is CCCNC(=O)c1ccc(Cn2cccc2CN(CCC)C(=O)Nc2ccccc2F)o1. The Bertz CT molecular complexity index is 1040. The molecule has 0 radical (unpaired) electrons. The Morgan fingerprint density at radius 2 is 1.88 bits per heavy atom. The Kier molecular flexibility index (Phi) is 8.08. The van der Waals surface area contributed by atoms with Gasteiger partial charge in [0.15, 0.2) is 5.76 Å². The summed E-state index contributed by atoms with van der Waals surface area (Å²) in [5.74, 6) is 0.211. The first-order chi connectivity index (χ1) is 15.5. The fraction of sp³-hybridized carbons (Fsp3) is 0.333.